The maximum atomic E-state index is 11.4. The zero-order chi connectivity index (χ0) is 20.5. The molecule has 0 aromatic heterocycles. The van der Waals surface area contributed by atoms with E-state index >= 15 is 0 Å². The van der Waals surface area contributed by atoms with Crippen LogP contribution in [0.5, 0.6) is 0 Å². The molecule has 0 atom stereocenters. The van der Waals surface area contributed by atoms with Gasteiger partial charge in [0, 0.05) is 12.3 Å². The number of rotatable bonds is 23. The Balaban J connectivity index is 3.06. The van der Waals surface area contributed by atoms with Crippen LogP contribution >= 0.6 is 11.6 Å². The monoisotopic (exact) mass is 416 g/mol. The number of hydrogen-bond donors (Lipinski definition) is 0. The molecule has 168 valence electrons. The Hall–Kier alpha value is -0.240. The van der Waals surface area contributed by atoms with E-state index in [0.29, 0.717) is 18.9 Å². The van der Waals surface area contributed by atoms with E-state index in [0.717, 1.165) is 19.3 Å². The summed E-state index contributed by atoms with van der Waals surface area (Å²) in [6.07, 6.45) is 27.4. The Morgan fingerprint density at radius 1 is 0.571 bits per heavy atom. The SMILES string of the molecule is CCCCCCCCCCCCCCCCCCCCCC(=O)OCCCCl. The predicted molar refractivity (Wildman–Crippen MR) is 124 cm³/mol. The molecule has 3 heteroatoms. The molecule has 0 aliphatic carbocycles. The van der Waals surface area contributed by atoms with Gasteiger partial charge >= 0.3 is 5.97 Å². The second kappa shape index (κ2) is 24.8. The number of carbonyl (C=O) groups excluding carboxylic acids is 1. The molecule has 0 saturated heterocycles. The third-order valence-corrected chi connectivity index (χ3v) is 5.79. The number of esters is 1. The first kappa shape index (κ1) is 27.8. The van der Waals surface area contributed by atoms with Gasteiger partial charge in [-0.05, 0) is 12.8 Å². The Bertz CT molecular complexity index is 307. The third kappa shape index (κ3) is 23.8. The molecule has 0 rings (SSSR count). The van der Waals surface area contributed by atoms with Gasteiger partial charge in [-0.2, -0.15) is 0 Å². The van der Waals surface area contributed by atoms with Gasteiger partial charge in [-0.3, -0.25) is 4.79 Å². The lowest BCUT2D eigenvalue weighted by Crippen LogP contribution is -2.05. The summed E-state index contributed by atoms with van der Waals surface area (Å²) in [4.78, 5) is 11.4. The van der Waals surface area contributed by atoms with Crippen molar-refractivity contribution in [3.63, 3.8) is 0 Å². The van der Waals surface area contributed by atoms with Crippen molar-refractivity contribution in [2.75, 3.05) is 12.5 Å². The van der Waals surface area contributed by atoms with Crippen LogP contribution in [-0.2, 0) is 9.53 Å². The van der Waals surface area contributed by atoms with Gasteiger partial charge in [0.15, 0.2) is 0 Å². The summed E-state index contributed by atoms with van der Waals surface area (Å²) in [6, 6.07) is 0. The van der Waals surface area contributed by atoms with Gasteiger partial charge in [0.1, 0.15) is 0 Å². The van der Waals surface area contributed by atoms with Gasteiger partial charge in [0.2, 0.25) is 0 Å². The molecule has 0 aliphatic rings. The molecule has 0 aromatic rings. The standard InChI is InChI=1S/C25H49ClO2/c1-2-3-4-5-6-7-8-9-10-11-12-13-14-15-16-17-18-19-20-22-25(27)28-24-21-23-26/h2-24H2,1H3. The van der Waals surface area contributed by atoms with Gasteiger partial charge in [0.05, 0.1) is 6.61 Å². The maximum Gasteiger partial charge on any atom is 0.305 e. The van der Waals surface area contributed by atoms with E-state index in [1.165, 1.54) is 109 Å². The molecular formula is C25H49ClO2. The highest BCUT2D eigenvalue weighted by molar-refractivity contribution is 6.17. The highest BCUT2D eigenvalue weighted by atomic mass is 35.5. The minimum absolute atomic E-state index is 0.0582. The van der Waals surface area contributed by atoms with Crippen LogP contribution in [-0.4, -0.2) is 18.5 Å². The van der Waals surface area contributed by atoms with Gasteiger partial charge in [-0.25, -0.2) is 0 Å². The van der Waals surface area contributed by atoms with Crippen molar-refractivity contribution >= 4 is 17.6 Å². The molecule has 0 bridgehead atoms. The average molecular weight is 417 g/mol. The fraction of sp³-hybridized carbons (Fsp3) is 0.960. The summed E-state index contributed by atoms with van der Waals surface area (Å²) in [5.74, 6) is 0.504. The number of carbonyl (C=O) groups is 1. The van der Waals surface area contributed by atoms with E-state index in [1.807, 2.05) is 0 Å². The van der Waals surface area contributed by atoms with Gasteiger partial charge in [-0.1, -0.05) is 122 Å². The normalized spacial score (nSPS) is 11.1. The van der Waals surface area contributed by atoms with Crippen LogP contribution in [0.4, 0.5) is 0 Å². The Morgan fingerprint density at radius 3 is 1.29 bits per heavy atom. The largest absolute Gasteiger partial charge is 0.466 e. The lowest BCUT2D eigenvalue weighted by Gasteiger charge is -2.04. The summed E-state index contributed by atoms with van der Waals surface area (Å²) in [5, 5.41) is 0. The molecule has 0 fully saturated rings. The Labute approximate surface area is 181 Å². The molecule has 0 radical (unpaired) electrons. The summed E-state index contributed by atoms with van der Waals surface area (Å²) in [6.45, 7) is 2.76. The Kier molecular flexibility index (Phi) is 24.6. The van der Waals surface area contributed by atoms with Crippen LogP contribution in [0.25, 0.3) is 0 Å². The lowest BCUT2D eigenvalue weighted by molar-refractivity contribution is -0.143. The third-order valence-electron chi connectivity index (χ3n) is 5.53. The van der Waals surface area contributed by atoms with Crippen LogP contribution in [0.3, 0.4) is 0 Å². The molecule has 28 heavy (non-hydrogen) atoms. The van der Waals surface area contributed by atoms with E-state index in [9.17, 15) is 4.79 Å². The summed E-state index contributed by atoms with van der Waals surface area (Å²) >= 11 is 5.56. The van der Waals surface area contributed by atoms with E-state index in [-0.39, 0.29) is 5.97 Å². The number of hydrogen-bond acceptors (Lipinski definition) is 2. The summed E-state index contributed by atoms with van der Waals surface area (Å²) in [7, 11) is 0. The molecule has 0 aliphatic heterocycles. The van der Waals surface area contributed by atoms with Crippen molar-refractivity contribution in [3.05, 3.63) is 0 Å². The van der Waals surface area contributed by atoms with E-state index in [1.54, 1.807) is 0 Å². The van der Waals surface area contributed by atoms with Crippen molar-refractivity contribution in [1.29, 1.82) is 0 Å². The van der Waals surface area contributed by atoms with Gasteiger partial charge in [0.25, 0.3) is 0 Å². The molecule has 0 spiro atoms. The highest BCUT2D eigenvalue weighted by Gasteiger charge is 2.02. The molecular weight excluding hydrogens is 368 g/mol. The second-order valence-corrected chi connectivity index (χ2v) is 8.75. The zero-order valence-electron chi connectivity index (χ0n) is 19.0. The van der Waals surface area contributed by atoms with Crippen molar-refractivity contribution in [1.82, 2.24) is 0 Å². The van der Waals surface area contributed by atoms with Crippen molar-refractivity contribution < 1.29 is 9.53 Å². The van der Waals surface area contributed by atoms with Gasteiger partial charge in [-0.15, -0.1) is 11.6 Å². The van der Waals surface area contributed by atoms with Crippen LogP contribution in [0.1, 0.15) is 142 Å². The van der Waals surface area contributed by atoms with Crippen LogP contribution in [0.2, 0.25) is 0 Å². The zero-order valence-corrected chi connectivity index (χ0v) is 19.7. The van der Waals surface area contributed by atoms with E-state index in [4.69, 9.17) is 16.3 Å². The number of halogens is 1. The molecule has 0 N–H and O–H groups in total. The molecule has 0 heterocycles. The van der Waals surface area contributed by atoms with Crippen LogP contribution < -0.4 is 0 Å². The topological polar surface area (TPSA) is 26.3 Å². The summed E-state index contributed by atoms with van der Waals surface area (Å²) in [5.41, 5.74) is 0. The van der Waals surface area contributed by atoms with Crippen molar-refractivity contribution in [2.45, 2.75) is 142 Å². The lowest BCUT2D eigenvalue weighted by atomic mass is 10.0. The van der Waals surface area contributed by atoms with Crippen molar-refractivity contribution in [3.8, 4) is 0 Å². The van der Waals surface area contributed by atoms with Crippen LogP contribution in [0.15, 0.2) is 0 Å². The minimum atomic E-state index is -0.0582. The quantitative estimate of drug-likeness (QED) is 0.0942. The minimum Gasteiger partial charge on any atom is -0.466 e. The highest BCUT2D eigenvalue weighted by Crippen LogP contribution is 2.14. The number of alkyl halides is 1. The first-order valence-electron chi connectivity index (χ1n) is 12.5. The second-order valence-electron chi connectivity index (χ2n) is 8.38. The molecule has 0 unspecified atom stereocenters. The number of unbranched alkanes of at least 4 members (excludes halogenated alkanes) is 18. The fourth-order valence-electron chi connectivity index (χ4n) is 3.66. The summed E-state index contributed by atoms with van der Waals surface area (Å²) < 4.78 is 5.10. The van der Waals surface area contributed by atoms with Crippen molar-refractivity contribution in [2.24, 2.45) is 0 Å². The average Bonchev–Trinajstić information content (AvgIpc) is 2.70. The Morgan fingerprint density at radius 2 is 0.929 bits per heavy atom. The molecule has 0 amide bonds. The fourth-order valence-corrected chi connectivity index (χ4v) is 3.77. The maximum absolute atomic E-state index is 11.4. The van der Waals surface area contributed by atoms with Crippen LogP contribution in [0, 0.1) is 0 Å². The van der Waals surface area contributed by atoms with E-state index in [2.05, 4.69) is 6.92 Å². The smallest absolute Gasteiger partial charge is 0.305 e. The molecule has 2 nitrogen and oxygen atoms in total. The first-order chi connectivity index (χ1) is 13.8. The first-order valence-corrected chi connectivity index (χ1v) is 13.1. The molecule has 0 aromatic carbocycles. The predicted octanol–water partition coefficient (Wildman–Crippen LogP) is 8.98. The molecule has 0 saturated carbocycles. The number of ether oxygens (including phenoxy) is 1. The van der Waals surface area contributed by atoms with Gasteiger partial charge < -0.3 is 4.74 Å². The van der Waals surface area contributed by atoms with E-state index < -0.39 is 0 Å².